The molecule has 0 bridgehead atoms. The molecule has 2 aromatic rings. The summed E-state index contributed by atoms with van der Waals surface area (Å²) in [7, 11) is 3.65. The molecule has 0 saturated carbocycles. The number of nitrogens with zero attached hydrogens (tertiary/aromatic N) is 3. The van der Waals surface area contributed by atoms with Gasteiger partial charge >= 0.3 is 0 Å². The van der Waals surface area contributed by atoms with Crippen LogP contribution in [0.5, 0.6) is 0 Å². The predicted octanol–water partition coefficient (Wildman–Crippen LogP) is 2.18. The van der Waals surface area contributed by atoms with Crippen LogP contribution in [-0.4, -0.2) is 21.8 Å². The second kappa shape index (κ2) is 3.90. The van der Waals surface area contributed by atoms with Crippen molar-refractivity contribution >= 4 is 17.5 Å². The van der Waals surface area contributed by atoms with Crippen molar-refractivity contribution in [3.63, 3.8) is 0 Å². The summed E-state index contributed by atoms with van der Waals surface area (Å²) in [5.74, 6) is 1.40. The van der Waals surface area contributed by atoms with Crippen LogP contribution in [0.1, 0.15) is 0 Å². The van der Waals surface area contributed by atoms with Crippen LogP contribution in [0.25, 0.3) is 11.4 Å². The Bertz CT molecular complexity index is 478. The molecule has 1 aromatic heterocycles. The van der Waals surface area contributed by atoms with Crippen molar-refractivity contribution < 1.29 is 0 Å². The number of benzene rings is 1. The highest BCUT2D eigenvalue weighted by atomic mass is 35.5. The molecule has 0 atom stereocenters. The zero-order valence-electron chi connectivity index (χ0n) is 8.53. The number of aryl methyl sites for hydroxylation is 1. The van der Waals surface area contributed by atoms with Gasteiger partial charge in [-0.05, 0) is 12.1 Å². The minimum Gasteiger partial charge on any atom is -0.357 e. The van der Waals surface area contributed by atoms with Crippen LogP contribution in [0.3, 0.4) is 0 Å². The van der Waals surface area contributed by atoms with Crippen LogP contribution in [-0.2, 0) is 7.05 Å². The van der Waals surface area contributed by atoms with Gasteiger partial charge in [0.25, 0.3) is 0 Å². The number of nitrogens with one attached hydrogen (secondary N) is 1. The van der Waals surface area contributed by atoms with Gasteiger partial charge in [-0.25, -0.2) is 4.68 Å². The van der Waals surface area contributed by atoms with Crippen LogP contribution >= 0.6 is 11.6 Å². The van der Waals surface area contributed by atoms with E-state index in [2.05, 4.69) is 15.4 Å². The van der Waals surface area contributed by atoms with E-state index in [-0.39, 0.29) is 0 Å². The molecule has 0 aliphatic carbocycles. The second-order valence-corrected chi connectivity index (χ2v) is 3.58. The molecule has 1 aromatic carbocycles. The molecule has 1 N–H and O–H groups in total. The number of anilines is 1. The molecule has 1 heterocycles. The molecule has 5 heteroatoms. The SMILES string of the molecule is CNc1nc(-c2cccc(Cl)c2)nn1C. The lowest BCUT2D eigenvalue weighted by Crippen LogP contribution is -1.98. The van der Waals surface area contributed by atoms with E-state index < -0.39 is 0 Å². The smallest absolute Gasteiger partial charge is 0.221 e. The molecule has 0 amide bonds. The first-order chi connectivity index (χ1) is 7.20. The summed E-state index contributed by atoms with van der Waals surface area (Å²) in [5.41, 5.74) is 0.916. The molecule has 0 aliphatic rings. The minimum absolute atomic E-state index is 0.671. The Morgan fingerprint density at radius 1 is 1.40 bits per heavy atom. The fourth-order valence-corrected chi connectivity index (χ4v) is 1.54. The monoisotopic (exact) mass is 222 g/mol. The van der Waals surface area contributed by atoms with Crippen molar-refractivity contribution in [3.8, 4) is 11.4 Å². The highest BCUT2D eigenvalue weighted by Crippen LogP contribution is 2.20. The predicted molar refractivity (Wildman–Crippen MR) is 61.0 cm³/mol. The van der Waals surface area contributed by atoms with Gasteiger partial charge in [-0.1, -0.05) is 23.7 Å². The Morgan fingerprint density at radius 3 is 2.80 bits per heavy atom. The van der Waals surface area contributed by atoms with Crippen LogP contribution < -0.4 is 5.32 Å². The van der Waals surface area contributed by atoms with Crippen LogP contribution in [0.2, 0.25) is 5.02 Å². The molecule has 15 heavy (non-hydrogen) atoms. The second-order valence-electron chi connectivity index (χ2n) is 3.14. The van der Waals surface area contributed by atoms with Crippen molar-refractivity contribution in [2.75, 3.05) is 12.4 Å². The van der Waals surface area contributed by atoms with E-state index >= 15 is 0 Å². The van der Waals surface area contributed by atoms with E-state index in [9.17, 15) is 0 Å². The number of halogens is 1. The van der Waals surface area contributed by atoms with E-state index in [1.54, 1.807) is 4.68 Å². The maximum Gasteiger partial charge on any atom is 0.221 e. The van der Waals surface area contributed by atoms with Crippen LogP contribution in [0.4, 0.5) is 5.95 Å². The van der Waals surface area contributed by atoms with Gasteiger partial charge in [-0.2, -0.15) is 4.98 Å². The molecule has 78 valence electrons. The maximum atomic E-state index is 5.90. The van der Waals surface area contributed by atoms with Crippen LogP contribution in [0.15, 0.2) is 24.3 Å². The third kappa shape index (κ3) is 1.94. The Morgan fingerprint density at radius 2 is 2.20 bits per heavy atom. The summed E-state index contributed by atoms with van der Waals surface area (Å²) in [6, 6.07) is 7.48. The minimum atomic E-state index is 0.671. The summed E-state index contributed by atoms with van der Waals surface area (Å²) >= 11 is 5.90. The first kappa shape index (κ1) is 9.98. The van der Waals surface area contributed by atoms with E-state index in [0.717, 1.165) is 11.5 Å². The normalized spacial score (nSPS) is 10.3. The molecule has 0 unspecified atom stereocenters. The van der Waals surface area contributed by atoms with Gasteiger partial charge in [0.15, 0.2) is 5.82 Å². The summed E-state index contributed by atoms with van der Waals surface area (Å²) in [6.45, 7) is 0. The first-order valence-corrected chi connectivity index (χ1v) is 4.93. The molecule has 2 rings (SSSR count). The average Bonchev–Trinajstić information content (AvgIpc) is 2.60. The molecule has 0 aliphatic heterocycles. The van der Waals surface area contributed by atoms with E-state index in [1.807, 2.05) is 38.4 Å². The average molecular weight is 223 g/mol. The van der Waals surface area contributed by atoms with Crippen molar-refractivity contribution in [3.05, 3.63) is 29.3 Å². The Balaban J connectivity index is 2.45. The molecule has 0 fully saturated rings. The number of hydrogen-bond donors (Lipinski definition) is 1. The van der Waals surface area contributed by atoms with Gasteiger partial charge in [0.1, 0.15) is 0 Å². The molecule has 4 nitrogen and oxygen atoms in total. The fraction of sp³-hybridized carbons (Fsp3) is 0.200. The summed E-state index contributed by atoms with van der Waals surface area (Å²) in [6.07, 6.45) is 0. The number of aromatic nitrogens is 3. The Kier molecular flexibility index (Phi) is 2.60. The number of hydrogen-bond acceptors (Lipinski definition) is 3. The largest absolute Gasteiger partial charge is 0.357 e. The highest BCUT2D eigenvalue weighted by Gasteiger charge is 2.07. The lowest BCUT2D eigenvalue weighted by molar-refractivity contribution is 0.776. The van der Waals surface area contributed by atoms with Crippen LogP contribution in [0, 0.1) is 0 Å². The standard InChI is InChI=1S/C10H11ClN4/c1-12-10-13-9(14-15(10)2)7-4-3-5-8(11)6-7/h3-6H,1-2H3,(H,12,13,14). The molecule has 0 spiro atoms. The third-order valence-electron chi connectivity index (χ3n) is 2.07. The highest BCUT2D eigenvalue weighted by molar-refractivity contribution is 6.30. The molecular formula is C10H11ClN4. The van der Waals surface area contributed by atoms with Crippen molar-refractivity contribution in [2.24, 2.45) is 7.05 Å². The van der Waals surface area contributed by atoms with Gasteiger partial charge in [-0.15, -0.1) is 5.10 Å². The van der Waals surface area contributed by atoms with Crippen molar-refractivity contribution in [1.29, 1.82) is 0 Å². The lowest BCUT2D eigenvalue weighted by Gasteiger charge is -1.94. The molecule has 0 saturated heterocycles. The zero-order chi connectivity index (χ0) is 10.8. The first-order valence-electron chi connectivity index (χ1n) is 4.55. The summed E-state index contributed by atoms with van der Waals surface area (Å²) < 4.78 is 1.69. The van der Waals surface area contributed by atoms with E-state index in [4.69, 9.17) is 11.6 Å². The quantitative estimate of drug-likeness (QED) is 0.847. The summed E-state index contributed by atoms with van der Waals surface area (Å²) in [5, 5.41) is 7.92. The van der Waals surface area contributed by atoms with E-state index in [0.29, 0.717) is 10.8 Å². The van der Waals surface area contributed by atoms with Crippen molar-refractivity contribution in [1.82, 2.24) is 14.8 Å². The Hall–Kier alpha value is -1.55. The third-order valence-corrected chi connectivity index (χ3v) is 2.30. The molecular weight excluding hydrogens is 212 g/mol. The lowest BCUT2D eigenvalue weighted by atomic mass is 10.2. The van der Waals surface area contributed by atoms with Crippen molar-refractivity contribution in [2.45, 2.75) is 0 Å². The van der Waals surface area contributed by atoms with Gasteiger partial charge in [0.2, 0.25) is 5.95 Å². The maximum absolute atomic E-state index is 5.90. The number of rotatable bonds is 2. The topological polar surface area (TPSA) is 42.7 Å². The van der Waals surface area contributed by atoms with Gasteiger partial charge in [-0.3, -0.25) is 0 Å². The summed E-state index contributed by atoms with van der Waals surface area (Å²) in [4.78, 5) is 4.32. The van der Waals surface area contributed by atoms with Gasteiger partial charge in [0, 0.05) is 24.7 Å². The zero-order valence-corrected chi connectivity index (χ0v) is 9.28. The van der Waals surface area contributed by atoms with E-state index in [1.165, 1.54) is 0 Å². The van der Waals surface area contributed by atoms with Gasteiger partial charge < -0.3 is 5.32 Å². The molecule has 0 radical (unpaired) electrons. The fourth-order valence-electron chi connectivity index (χ4n) is 1.35. The Labute approximate surface area is 92.9 Å². The van der Waals surface area contributed by atoms with Gasteiger partial charge in [0.05, 0.1) is 0 Å².